The Morgan fingerprint density at radius 3 is 2.54 bits per heavy atom. The molecule has 4 aliphatic rings. The number of carbonyl (C=O) groups is 1. The summed E-state index contributed by atoms with van der Waals surface area (Å²) in [7, 11) is 0. The zero-order valence-electron chi connectivity index (χ0n) is 14.8. The van der Waals surface area contributed by atoms with Gasteiger partial charge in [-0.2, -0.15) is 0 Å². The van der Waals surface area contributed by atoms with Crippen LogP contribution in [0.4, 0.5) is 0 Å². The number of piperidine rings is 1. The van der Waals surface area contributed by atoms with Crippen molar-refractivity contribution in [3.63, 3.8) is 0 Å². The third-order valence-corrected chi connectivity index (χ3v) is 6.33. The second-order valence-electron chi connectivity index (χ2n) is 8.64. The van der Waals surface area contributed by atoms with Crippen molar-refractivity contribution >= 4 is 5.97 Å². The van der Waals surface area contributed by atoms with Crippen LogP contribution in [-0.4, -0.2) is 47.4 Å². The van der Waals surface area contributed by atoms with E-state index >= 15 is 0 Å². The van der Waals surface area contributed by atoms with Crippen molar-refractivity contribution in [2.24, 2.45) is 17.8 Å². The van der Waals surface area contributed by atoms with Crippen molar-refractivity contribution in [3.05, 3.63) is 0 Å². The normalized spacial score (nSPS) is 53.8. The zero-order valence-corrected chi connectivity index (χ0v) is 14.8. The molecule has 2 N–H and O–H groups in total. The molecule has 0 amide bonds. The number of rotatable bonds is 2. The average Bonchev–Trinajstić information content (AvgIpc) is 2.81. The lowest BCUT2D eigenvalue weighted by atomic mass is 9.80. The molecule has 0 aromatic carbocycles. The molecule has 0 saturated carbocycles. The number of carboxylic acid groups (broad SMARTS) is 1. The highest BCUT2D eigenvalue weighted by atomic mass is 16.7. The second kappa shape index (κ2) is 5.66. The van der Waals surface area contributed by atoms with E-state index in [0.717, 1.165) is 25.8 Å². The van der Waals surface area contributed by atoms with Gasteiger partial charge in [-0.3, -0.25) is 10.1 Å². The Bertz CT molecular complexity index is 528. The molecule has 0 radical (unpaired) electrons. The molecule has 0 unspecified atom stereocenters. The van der Waals surface area contributed by atoms with Crippen LogP contribution in [0.3, 0.4) is 0 Å². The SMILES string of the molecule is C[C@H]1CN[C@]2(C[C@H]3O[C@]4(CC(=O)O)C[C@@H](C)C[C@H](O4)[C@H]3O2)[C@@H](C)C1. The molecule has 0 aromatic rings. The standard InChI is InChI=1S/C18H29NO5/c1-10-5-13-16-14(23-17(6-10,22-13)8-15(20)21)7-18(24-16)12(3)4-11(2)9-19-18/h10-14,16,19H,4-9H2,1-3H3,(H,20,21)/t10-,11+,12-,13-,14+,16+,17-,18-/m0/s1. The van der Waals surface area contributed by atoms with Crippen LogP contribution in [-0.2, 0) is 19.0 Å². The van der Waals surface area contributed by atoms with Crippen molar-refractivity contribution in [1.29, 1.82) is 0 Å². The van der Waals surface area contributed by atoms with Gasteiger partial charge < -0.3 is 19.3 Å². The van der Waals surface area contributed by atoms with Crippen LogP contribution in [0.1, 0.15) is 52.9 Å². The maximum Gasteiger partial charge on any atom is 0.308 e. The highest BCUT2D eigenvalue weighted by Gasteiger charge is 2.61. The molecular weight excluding hydrogens is 310 g/mol. The number of hydrogen-bond donors (Lipinski definition) is 2. The predicted octanol–water partition coefficient (Wildman–Crippen LogP) is 2.12. The van der Waals surface area contributed by atoms with Gasteiger partial charge >= 0.3 is 5.97 Å². The van der Waals surface area contributed by atoms with Gasteiger partial charge in [-0.05, 0) is 30.6 Å². The van der Waals surface area contributed by atoms with Crippen molar-refractivity contribution in [2.75, 3.05) is 6.54 Å². The van der Waals surface area contributed by atoms with Crippen LogP contribution in [0, 0.1) is 17.8 Å². The minimum absolute atomic E-state index is 0.0698. The van der Waals surface area contributed by atoms with E-state index in [1.165, 1.54) is 0 Å². The quantitative estimate of drug-likeness (QED) is 0.802. The largest absolute Gasteiger partial charge is 0.481 e. The van der Waals surface area contributed by atoms with E-state index in [4.69, 9.17) is 14.2 Å². The Kier molecular flexibility index (Phi) is 3.95. The minimum atomic E-state index is -0.977. The smallest absolute Gasteiger partial charge is 0.308 e. The third kappa shape index (κ3) is 2.68. The van der Waals surface area contributed by atoms with Gasteiger partial charge in [0.05, 0.1) is 18.6 Å². The second-order valence-corrected chi connectivity index (χ2v) is 8.64. The maximum absolute atomic E-state index is 11.3. The fourth-order valence-corrected chi connectivity index (χ4v) is 5.36. The fraction of sp³-hybridized carbons (Fsp3) is 0.944. The number of aliphatic carboxylic acids is 1. The van der Waals surface area contributed by atoms with E-state index in [-0.39, 0.29) is 30.5 Å². The van der Waals surface area contributed by atoms with Crippen molar-refractivity contribution in [3.8, 4) is 0 Å². The summed E-state index contributed by atoms with van der Waals surface area (Å²) in [5.41, 5.74) is -0.351. The minimum Gasteiger partial charge on any atom is -0.481 e. The van der Waals surface area contributed by atoms with Crippen molar-refractivity contribution in [2.45, 2.75) is 82.7 Å². The maximum atomic E-state index is 11.3. The van der Waals surface area contributed by atoms with Gasteiger partial charge in [0.15, 0.2) is 5.79 Å². The first-order valence-electron chi connectivity index (χ1n) is 9.31. The molecule has 0 aromatic heterocycles. The molecule has 0 aliphatic carbocycles. The lowest BCUT2D eigenvalue weighted by molar-refractivity contribution is -0.364. The van der Waals surface area contributed by atoms with Gasteiger partial charge in [0.1, 0.15) is 11.8 Å². The summed E-state index contributed by atoms with van der Waals surface area (Å²) >= 11 is 0. The third-order valence-electron chi connectivity index (χ3n) is 6.33. The Balaban J connectivity index is 1.58. The summed E-state index contributed by atoms with van der Waals surface area (Å²) in [6, 6.07) is 0. The summed E-state index contributed by atoms with van der Waals surface area (Å²) in [6.45, 7) is 7.59. The van der Waals surface area contributed by atoms with Crippen LogP contribution in [0.2, 0.25) is 0 Å². The summed E-state index contributed by atoms with van der Waals surface area (Å²) in [4.78, 5) is 11.3. The van der Waals surface area contributed by atoms with E-state index in [2.05, 4.69) is 26.1 Å². The Hall–Kier alpha value is -0.690. The number of fused-ring (bicyclic) bond motifs is 4. The van der Waals surface area contributed by atoms with Crippen LogP contribution >= 0.6 is 0 Å². The molecule has 8 atom stereocenters. The van der Waals surface area contributed by atoms with Gasteiger partial charge in [-0.15, -0.1) is 0 Å². The van der Waals surface area contributed by atoms with Crippen LogP contribution in [0.25, 0.3) is 0 Å². The van der Waals surface area contributed by atoms with E-state index < -0.39 is 11.8 Å². The van der Waals surface area contributed by atoms with Gasteiger partial charge in [-0.25, -0.2) is 0 Å². The van der Waals surface area contributed by atoms with Gasteiger partial charge in [0.25, 0.3) is 0 Å². The van der Waals surface area contributed by atoms with Gasteiger partial charge in [0.2, 0.25) is 0 Å². The van der Waals surface area contributed by atoms with Gasteiger partial charge in [-0.1, -0.05) is 20.8 Å². The first-order valence-corrected chi connectivity index (χ1v) is 9.31. The first kappa shape index (κ1) is 16.8. The summed E-state index contributed by atoms with van der Waals surface area (Å²) in [6.07, 6.45) is 3.12. The van der Waals surface area contributed by atoms with E-state index in [1.807, 2.05) is 0 Å². The van der Waals surface area contributed by atoms with Crippen molar-refractivity contribution < 1.29 is 24.1 Å². The molecule has 1 spiro atoms. The van der Waals surface area contributed by atoms with E-state index in [1.54, 1.807) is 0 Å². The highest BCUT2D eigenvalue weighted by Crippen LogP contribution is 2.51. The Labute approximate surface area is 143 Å². The summed E-state index contributed by atoms with van der Waals surface area (Å²) in [5.74, 6) is -0.418. The summed E-state index contributed by atoms with van der Waals surface area (Å²) < 4.78 is 19.0. The molecule has 4 aliphatic heterocycles. The Morgan fingerprint density at radius 1 is 1.08 bits per heavy atom. The summed E-state index contributed by atoms with van der Waals surface area (Å²) in [5, 5.41) is 12.9. The number of ether oxygens (including phenoxy) is 3. The molecule has 6 heteroatoms. The van der Waals surface area contributed by atoms with Crippen molar-refractivity contribution in [1.82, 2.24) is 5.32 Å². The molecule has 6 nitrogen and oxygen atoms in total. The lowest BCUT2D eigenvalue weighted by Gasteiger charge is -2.50. The molecule has 4 saturated heterocycles. The van der Waals surface area contributed by atoms with Crippen LogP contribution < -0.4 is 5.32 Å². The van der Waals surface area contributed by atoms with E-state index in [0.29, 0.717) is 24.2 Å². The lowest BCUT2D eigenvalue weighted by Crippen LogP contribution is -2.60. The molecule has 4 heterocycles. The molecule has 24 heavy (non-hydrogen) atoms. The van der Waals surface area contributed by atoms with Gasteiger partial charge in [0, 0.05) is 19.4 Å². The monoisotopic (exact) mass is 339 g/mol. The molecule has 4 rings (SSSR count). The Morgan fingerprint density at radius 2 is 1.83 bits per heavy atom. The highest BCUT2D eigenvalue weighted by molar-refractivity contribution is 5.68. The zero-order chi connectivity index (χ0) is 17.1. The number of hydrogen-bond acceptors (Lipinski definition) is 5. The van der Waals surface area contributed by atoms with Crippen LogP contribution in [0.5, 0.6) is 0 Å². The van der Waals surface area contributed by atoms with Crippen LogP contribution in [0.15, 0.2) is 0 Å². The molecule has 2 bridgehead atoms. The topological polar surface area (TPSA) is 77.0 Å². The number of carboxylic acids is 1. The average molecular weight is 339 g/mol. The number of nitrogens with one attached hydrogen (secondary N) is 1. The molecular formula is C18H29NO5. The molecule has 4 fully saturated rings. The fourth-order valence-electron chi connectivity index (χ4n) is 5.36. The first-order chi connectivity index (χ1) is 11.3. The van der Waals surface area contributed by atoms with E-state index in [9.17, 15) is 9.90 Å². The molecule has 136 valence electrons. The predicted molar refractivity (Wildman–Crippen MR) is 86.3 cm³/mol.